The highest BCUT2D eigenvalue weighted by atomic mass is 16.1. The van der Waals surface area contributed by atoms with E-state index in [1.54, 1.807) is 6.29 Å². The minimum atomic E-state index is -0.0255. The highest BCUT2D eigenvalue weighted by molar-refractivity contribution is 5.90. The van der Waals surface area contributed by atoms with Crippen molar-refractivity contribution in [2.75, 3.05) is 0 Å². The van der Waals surface area contributed by atoms with Crippen molar-refractivity contribution < 1.29 is 11.0 Å². The van der Waals surface area contributed by atoms with Gasteiger partial charge in [-0.3, -0.25) is 9.59 Å². The minimum Gasteiger partial charge on any atom is -0.285 e. The van der Waals surface area contributed by atoms with E-state index in [1.807, 2.05) is 0 Å². The van der Waals surface area contributed by atoms with Crippen molar-refractivity contribution >= 4 is 12.6 Å². The second-order valence-electron chi connectivity index (χ2n) is 1.66. The van der Waals surface area contributed by atoms with Crippen LogP contribution in [0.15, 0.2) is 24.2 Å². The third kappa shape index (κ3) is 1.10. The molecule has 0 atom stereocenters. The van der Waals surface area contributed by atoms with Gasteiger partial charge in [0.05, 0.1) is 1.37 Å². The van der Waals surface area contributed by atoms with E-state index in [1.165, 1.54) is 24.5 Å². The SMILES string of the molecule is [2H]c1cccc([C]=O)c1[C]=O. The van der Waals surface area contributed by atoms with Crippen LogP contribution in [-0.2, 0) is 9.59 Å². The summed E-state index contributed by atoms with van der Waals surface area (Å²) in [7, 11) is 0. The molecule has 0 heterocycles. The normalized spacial score (nSPS) is 10.2. The molecule has 1 aromatic rings. The fraction of sp³-hybridized carbons (Fsp3) is 0. The van der Waals surface area contributed by atoms with Crippen molar-refractivity contribution in [2.24, 2.45) is 0 Å². The van der Waals surface area contributed by atoms with Gasteiger partial charge < -0.3 is 0 Å². The zero-order valence-electron chi connectivity index (χ0n) is 6.05. The van der Waals surface area contributed by atoms with Gasteiger partial charge in [0.15, 0.2) is 0 Å². The molecule has 0 fully saturated rings. The number of rotatable bonds is 2. The molecule has 2 radical (unpaired) electrons. The maximum Gasteiger partial charge on any atom is 0.234 e. The number of benzene rings is 1. The van der Waals surface area contributed by atoms with Crippen LogP contribution in [0.3, 0.4) is 0 Å². The molecule has 0 aliphatic carbocycles. The van der Waals surface area contributed by atoms with Crippen molar-refractivity contribution in [1.82, 2.24) is 0 Å². The molecular formula is C8H4O2. The van der Waals surface area contributed by atoms with Gasteiger partial charge in [-0.2, -0.15) is 0 Å². The summed E-state index contributed by atoms with van der Waals surface area (Å²) in [5, 5.41) is 0. The highest BCUT2D eigenvalue weighted by Crippen LogP contribution is 2.01. The summed E-state index contributed by atoms with van der Waals surface area (Å²) in [6, 6.07) is 4.36. The quantitative estimate of drug-likeness (QED) is 0.592. The van der Waals surface area contributed by atoms with Crippen LogP contribution in [0.5, 0.6) is 0 Å². The van der Waals surface area contributed by atoms with Gasteiger partial charge in [0.1, 0.15) is 0 Å². The van der Waals surface area contributed by atoms with E-state index in [2.05, 4.69) is 0 Å². The summed E-state index contributed by atoms with van der Waals surface area (Å²) in [5.74, 6) is 0. The average molecular weight is 133 g/mol. The van der Waals surface area contributed by atoms with Crippen molar-refractivity contribution in [2.45, 2.75) is 0 Å². The molecule has 48 valence electrons. The monoisotopic (exact) mass is 133 g/mol. The van der Waals surface area contributed by atoms with Crippen molar-refractivity contribution in [3.05, 3.63) is 35.4 Å². The Hall–Kier alpha value is -1.44. The molecule has 1 aromatic carbocycles. The van der Waals surface area contributed by atoms with E-state index in [-0.39, 0.29) is 17.2 Å². The van der Waals surface area contributed by atoms with Gasteiger partial charge in [0, 0.05) is 11.1 Å². The van der Waals surface area contributed by atoms with Crippen LogP contribution in [0.25, 0.3) is 0 Å². The molecule has 0 aliphatic heterocycles. The molecule has 0 saturated heterocycles. The molecule has 0 unspecified atom stereocenters. The second-order valence-corrected chi connectivity index (χ2v) is 1.66. The van der Waals surface area contributed by atoms with Gasteiger partial charge in [-0.15, -0.1) is 0 Å². The molecule has 0 bridgehead atoms. The lowest BCUT2D eigenvalue weighted by molar-refractivity contribution is 0.558. The maximum absolute atomic E-state index is 10.2. The lowest BCUT2D eigenvalue weighted by atomic mass is 10.1. The molecule has 0 saturated carbocycles. The van der Waals surface area contributed by atoms with E-state index < -0.39 is 0 Å². The molecule has 1 rings (SSSR count). The van der Waals surface area contributed by atoms with Gasteiger partial charge in [-0.25, -0.2) is 0 Å². The fourth-order valence-electron chi connectivity index (χ4n) is 0.606. The molecule has 2 heteroatoms. The zero-order valence-corrected chi connectivity index (χ0v) is 5.05. The lowest BCUT2D eigenvalue weighted by Gasteiger charge is -1.89. The smallest absolute Gasteiger partial charge is 0.234 e. The van der Waals surface area contributed by atoms with Crippen LogP contribution in [0.1, 0.15) is 12.5 Å². The number of hydrogen-bond acceptors (Lipinski definition) is 2. The summed E-state index contributed by atoms with van der Waals surface area (Å²) in [6.45, 7) is 0. The Morgan fingerprint density at radius 2 is 1.90 bits per heavy atom. The van der Waals surface area contributed by atoms with E-state index >= 15 is 0 Å². The molecule has 0 aliphatic rings. The van der Waals surface area contributed by atoms with Crippen LogP contribution < -0.4 is 0 Å². The standard InChI is InChI=1S/C8H4O2/c9-5-7-3-1-2-4-8(7)6-10/h1-4H/i3D. The van der Waals surface area contributed by atoms with Crippen LogP contribution in [0.4, 0.5) is 0 Å². The first-order valence-electron chi connectivity index (χ1n) is 3.15. The Labute approximate surface area is 59.9 Å². The van der Waals surface area contributed by atoms with Gasteiger partial charge in [0.2, 0.25) is 12.6 Å². The van der Waals surface area contributed by atoms with E-state index in [0.717, 1.165) is 0 Å². The molecule has 2 nitrogen and oxygen atoms in total. The Morgan fingerprint density at radius 3 is 2.40 bits per heavy atom. The summed E-state index contributed by atoms with van der Waals surface area (Å²) < 4.78 is 7.17. The summed E-state index contributed by atoms with van der Waals surface area (Å²) in [4.78, 5) is 20.3. The van der Waals surface area contributed by atoms with Crippen LogP contribution in [0, 0.1) is 0 Å². The van der Waals surface area contributed by atoms with Gasteiger partial charge >= 0.3 is 0 Å². The fourth-order valence-corrected chi connectivity index (χ4v) is 0.606. The summed E-state index contributed by atoms with van der Waals surface area (Å²) in [6.07, 6.45) is 3.07. The number of carbonyl (C=O) groups excluding carboxylic acids is 2. The topological polar surface area (TPSA) is 34.1 Å². The maximum atomic E-state index is 10.2. The van der Waals surface area contributed by atoms with Crippen molar-refractivity contribution in [1.29, 1.82) is 0 Å². The first kappa shape index (κ1) is 5.35. The van der Waals surface area contributed by atoms with Gasteiger partial charge in [-0.1, -0.05) is 24.2 Å². The van der Waals surface area contributed by atoms with E-state index in [4.69, 9.17) is 1.37 Å². The first-order chi connectivity index (χ1) is 5.29. The van der Waals surface area contributed by atoms with E-state index in [9.17, 15) is 9.59 Å². The predicted octanol–water partition coefficient (Wildman–Crippen LogP) is 0.602. The van der Waals surface area contributed by atoms with Crippen molar-refractivity contribution in [3.63, 3.8) is 0 Å². The highest BCUT2D eigenvalue weighted by Gasteiger charge is 1.97. The Kier molecular flexibility index (Phi) is 1.56. The average Bonchev–Trinajstić information content (AvgIpc) is 2.04. The Bertz CT molecular complexity index is 294. The lowest BCUT2D eigenvalue weighted by Crippen LogP contribution is -1.88. The second kappa shape index (κ2) is 2.92. The van der Waals surface area contributed by atoms with Crippen molar-refractivity contribution in [3.8, 4) is 0 Å². The third-order valence-corrected chi connectivity index (χ3v) is 1.07. The van der Waals surface area contributed by atoms with Crippen LogP contribution in [-0.4, -0.2) is 12.6 Å². The first-order valence-corrected chi connectivity index (χ1v) is 2.65. The largest absolute Gasteiger partial charge is 0.285 e. The minimum absolute atomic E-state index is 0.000787. The van der Waals surface area contributed by atoms with E-state index in [0.29, 0.717) is 0 Å². The van der Waals surface area contributed by atoms with Gasteiger partial charge in [0.25, 0.3) is 0 Å². The Balaban J connectivity index is 3.35. The molecule has 10 heavy (non-hydrogen) atoms. The molecular weight excluding hydrogens is 128 g/mol. The van der Waals surface area contributed by atoms with Crippen LogP contribution >= 0.6 is 0 Å². The summed E-state index contributed by atoms with van der Waals surface area (Å²) >= 11 is 0. The molecule has 0 amide bonds. The summed E-state index contributed by atoms with van der Waals surface area (Å²) in [5.41, 5.74) is 0.0648. The Morgan fingerprint density at radius 1 is 1.20 bits per heavy atom. The molecule has 0 spiro atoms. The third-order valence-electron chi connectivity index (χ3n) is 1.07. The zero-order chi connectivity index (χ0) is 8.27. The molecule has 0 N–H and O–H groups in total. The number of hydrogen-bond donors (Lipinski definition) is 0. The van der Waals surface area contributed by atoms with Gasteiger partial charge in [-0.05, 0) is 0 Å². The molecule has 0 aromatic heterocycles. The van der Waals surface area contributed by atoms with Crippen LogP contribution in [0.2, 0.25) is 0 Å². The predicted molar refractivity (Wildman–Crippen MR) is 36.0 cm³/mol.